The first-order valence-corrected chi connectivity index (χ1v) is 12.1. The maximum Gasteiger partial charge on any atom is 0.229 e. The van der Waals surface area contributed by atoms with Crippen LogP contribution in [0.2, 0.25) is 0 Å². The molecule has 188 valence electrons. The molecule has 0 unspecified atom stereocenters. The fourth-order valence-electron chi connectivity index (χ4n) is 4.24. The minimum Gasteiger partial charge on any atom is -0.497 e. The molecule has 2 heterocycles. The molecule has 1 fully saturated rings. The van der Waals surface area contributed by atoms with E-state index in [0.29, 0.717) is 23.9 Å². The van der Waals surface area contributed by atoms with E-state index in [1.54, 1.807) is 18.1 Å². The summed E-state index contributed by atoms with van der Waals surface area (Å²) in [7, 11) is 1.58. The van der Waals surface area contributed by atoms with Crippen molar-refractivity contribution in [3.8, 4) is 5.75 Å². The Morgan fingerprint density at radius 2 is 1.81 bits per heavy atom. The quantitative estimate of drug-likeness (QED) is 0.461. The molecule has 2 aromatic carbocycles. The van der Waals surface area contributed by atoms with Gasteiger partial charge in [-0.2, -0.15) is 4.98 Å². The summed E-state index contributed by atoms with van der Waals surface area (Å²) < 4.78 is 5.25. The van der Waals surface area contributed by atoms with E-state index in [4.69, 9.17) is 4.74 Å². The van der Waals surface area contributed by atoms with E-state index in [2.05, 4.69) is 39.3 Å². The van der Waals surface area contributed by atoms with E-state index in [1.807, 2.05) is 55.5 Å². The van der Waals surface area contributed by atoms with Crippen LogP contribution in [0, 0.1) is 12.8 Å². The van der Waals surface area contributed by atoms with Crippen molar-refractivity contribution in [3.63, 3.8) is 0 Å². The van der Waals surface area contributed by atoms with Gasteiger partial charge in [-0.25, -0.2) is 4.98 Å². The number of ether oxygens (including phenoxy) is 1. The molecular formula is C27H32N6O3. The standard InChI is InChI=1S/C27H32N6O3/c1-5-32(6-2)24-14-18(3)28-27(31-24)30-21-12-10-20(11-13-21)29-26(35)19-15-25(34)33(17-19)22-8-7-9-23(16-22)36-4/h7-14,16,19H,5-6,15,17H2,1-4H3,(H,29,35)(H,28,30,31)/t19-/m0/s1. The van der Waals surface area contributed by atoms with Gasteiger partial charge in [-0.3, -0.25) is 9.59 Å². The van der Waals surface area contributed by atoms with Crippen LogP contribution in [-0.4, -0.2) is 48.5 Å². The molecule has 1 aromatic heterocycles. The third-order valence-electron chi connectivity index (χ3n) is 6.20. The lowest BCUT2D eigenvalue weighted by atomic mass is 10.1. The zero-order chi connectivity index (χ0) is 25.7. The van der Waals surface area contributed by atoms with E-state index in [-0.39, 0.29) is 18.2 Å². The zero-order valence-corrected chi connectivity index (χ0v) is 21.1. The summed E-state index contributed by atoms with van der Waals surface area (Å²) in [5.74, 6) is 1.39. The highest BCUT2D eigenvalue weighted by Crippen LogP contribution is 2.29. The van der Waals surface area contributed by atoms with Crippen molar-refractivity contribution in [1.29, 1.82) is 0 Å². The van der Waals surface area contributed by atoms with Gasteiger partial charge in [0.25, 0.3) is 0 Å². The van der Waals surface area contributed by atoms with Crippen molar-refractivity contribution in [1.82, 2.24) is 9.97 Å². The topological polar surface area (TPSA) is 99.7 Å². The van der Waals surface area contributed by atoms with Crippen LogP contribution in [0.1, 0.15) is 26.0 Å². The highest BCUT2D eigenvalue weighted by molar-refractivity contribution is 6.03. The van der Waals surface area contributed by atoms with Crippen molar-refractivity contribution in [3.05, 3.63) is 60.3 Å². The summed E-state index contributed by atoms with van der Waals surface area (Å²) in [4.78, 5) is 38.4. The number of aromatic nitrogens is 2. The average Bonchev–Trinajstić information content (AvgIpc) is 3.27. The summed E-state index contributed by atoms with van der Waals surface area (Å²) in [6, 6.07) is 16.6. The molecular weight excluding hydrogens is 456 g/mol. The maximum absolute atomic E-state index is 12.9. The summed E-state index contributed by atoms with van der Waals surface area (Å²) >= 11 is 0. The Labute approximate surface area is 211 Å². The fourth-order valence-corrected chi connectivity index (χ4v) is 4.24. The molecule has 2 N–H and O–H groups in total. The lowest BCUT2D eigenvalue weighted by Crippen LogP contribution is -2.28. The molecule has 9 nitrogen and oxygen atoms in total. The summed E-state index contributed by atoms with van der Waals surface area (Å²) in [5.41, 5.74) is 3.08. The van der Waals surface area contributed by atoms with Crippen LogP contribution >= 0.6 is 0 Å². The maximum atomic E-state index is 12.9. The molecule has 1 aliphatic rings. The van der Waals surface area contributed by atoms with E-state index >= 15 is 0 Å². The summed E-state index contributed by atoms with van der Waals surface area (Å²) in [5, 5.41) is 6.17. The Morgan fingerprint density at radius 1 is 1.08 bits per heavy atom. The second-order valence-electron chi connectivity index (χ2n) is 8.66. The molecule has 0 aliphatic carbocycles. The second-order valence-corrected chi connectivity index (χ2v) is 8.66. The molecule has 4 rings (SSSR count). The van der Waals surface area contributed by atoms with Gasteiger partial charge < -0.3 is 25.2 Å². The molecule has 0 radical (unpaired) electrons. The lowest BCUT2D eigenvalue weighted by molar-refractivity contribution is -0.122. The highest BCUT2D eigenvalue weighted by Gasteiger charge is 2.35. The zero-order valence-electron chi connectivity index (χ0n) is 21.1. The molecule has 3 aromatic rings. The molecule has 0 spiro atoms. The number of rotatable bonds is 9. The number of anilines is 5. The molecule has 36 heavy (non-hydrogen) atoms. The molecule has 1 atom stereocenters. The number of amides is 2. The Bertz CT molecular complexity index is 1230. The fraction of sp³-hybridized carbons (Fsp3) is 0.333. The predicted molar refractivity (Wildman–Crippen MR) is 142 cm³/mol. The van der Waals surface area contributed by atoms with Crippen molar-refractivity contribution in [2.75, 3.05) is 47.2 Å². The molecule has 1 aliphatic heterocycles. The number of carbonyl (C=O) groups is 2. The minimum absolute atomic E-state index is 0.0785. The Kier molecular flexibility index (Phi) is 7.68. The van der Waals surface area contributed by atoms with Crippen LogP contribution < -0.4 is 25.2 Å². The van der Waals surface area contributed by atoms with Crippen LogP contribution in [0.3, 0.4) is 0 Å². The molecule has 0 saturated carbocycles. The van der Waals surface area contributed by atoms with Gasteiger partial charge in [-0.05, 0) is 57.2 Å². The minimum atomic E-state index is -0.430. The molecule has 2 amide bonds. The normalized spacial score (nSPS) is 15.1. The number of nitrogens with one attached hydrogen (secondary N) is 2. The van der Waals surface area contributed by atoms with Crippen LogP contribution in [0.5, 0.6) is 5.75 Å². The van der Waals surface area contributed by atoms with Gasteiger partial charge in [0.05, 0.1) is 13.0 Å². The Balaban J connectivity index is 1.38. The van der Waals surface area contributed by atoms with E-state index in [1.165, 1.54) is 0 Å². The molecule has 9 heteroatoms. The number of carbonyl (C=O) groups excluding carboxylic acids is 2. The van der Waals surface area contributed by atoms with Crippen molar-refractivity contribution < 1.29 is 14.3 Å². The SMILES string of the molecule is CCN(CC)c1cc(C)nc(Nc2ccc(NC(=O)[C@H]3CC(=O)N(c4cccc(OC)c4)C3)cc2)n1. The summed E-state index contributed by atoms with van der Waals surface area (Å²) in [6.45, 7) is 8.20. The van der Waals surface area contributed by atoms with Crippen LogP contribution in [0.25, 0.3) is 0 Å². The number of nitrogens with zero attached hydrogens (tertiary/aromatic N) is 4. The van der Waals surface area contributed by atoms with Gasteiger partial charge in [0.15, 0.2) is 0 Å². The Morgan fingerprint density at radius 3 is 2.50 bits per heavy atom. The number of hydrogen-bond acceptors (Lipinski definition) is 7. The van der Waals surface area contributed by atoms with E-state index < -0.39 is 5.92 Å². The smallest absolute Gasteiger partial charge is 0.229 e. The van der Waals surface area contributed by atoms with Gasteiger partial charge in [0.1, 0.15) is 11.6 Å². The van der Waals surface area contributed by atoms with Gasteiger partial charge in [-0.15, -0.1) is 0 Å². The number of hydrogen-bond donors (Lipinski definition) is 2. The average molecular weight is 489 g/mol. The first kappa shape index (κ1) is 25.0. The molecule has 0 bridgehead atoms. The van der Waals surface area contributed by atoms with E-state index in [9.17, 15) is 9.59 Å². The third kappa shape index (κ3) is 5.73. The van der Waals surface area contributed by atoms with Crippen molar-refractivity contribution in [2.45, 2.75) is 27.2 Å². The first-order valence-electron chi connectivity index (χ1n) is 12.1. The van der Waals surface area contributed by atoms with Crippen molar-refractivity contribution in [2.24, 2.45) is 5.92 Å². The lowest BCUT2D eigenvalue weighted by Gasteiger charge is -2.20. The summed E-state index contributed by atoms with van der Waals surface area (Å²) in [6.07, 6.45) is 0.169. The first-order chi connectivity index (χ1) is 17.4. The van der Waals surface area contributed by atoms with Gasteiger partial charge in [0, 0.05) is 60.9 Å². The highest BCUT2D eigenvalue weighted by atomic mass is 16.5. The van der Waals surface area contributed by atoms with Crippen LogP contribution in [0.15, 0.2) is 54.6 Å². The monoisotopic (exact) mass is 488 g/mol. The predicted octanol–water partition coefficient (Wildman–Crippen LogP) is 4.38. The second kappa shape index (κ2) is 11.1. The number of methoxy groups -OCH3 is 1. The van der Waals surface area contributed by atoms with Crippen LogP contribution in [-0.2, 0) is 9.59 Å². The van der Waals surface area contributed by atoms with Gasteiger partial charge >= 0.3 is 0 Å². The van der Waals surface area contributed by atoms with E-state index in [0.717, 1.165) is 36.0 Å². The number of benzene rings is 2. The largest absolute Gasteiger partial charge is 0.497 e. The van der Waals surface area contributed by atoms with Gasteiger partial charge in [-0.1, -0.05) is 6.07 Å². The third-order valence-corrected chi connectivity index (χ3v) is 6.20. The number of aryl methyl sites for hydroxylation is 1. The van der Waals surface area contributed by atoms with Crippen molar-refractivity contribution >= 4 is 40.6 Å². The molecule has 1 saturated heterocycles. The van der Waals surface area contributed by atoms with Crippen LogP contribution in [0.4, 0.5) is 28.8 Å². The van der Waals surface area contributed by atoms with Gasteiger partial charge in [0.2, 0.25) is 17.8 Å². The Hall–Kier alpha value is -4.14.